The normalized spacial score (nSPS) is 12.1. The quantitative estimate of drug-likeness (QED) is 0.0527. The van der Waals surface area contributed by atoms with E-state index in [9.17, 15) is 38.9 Å². The zero-order valence-corrected chi connectivity index (χ0v) is 35.6. The van der Waals surface area contributed by atoms with Gasteiger partial charge >= 0.3 is 15.6 Å². The van der Waals surface area contributed by atoms with Gasteiger partial charge in [-0.2, -0.15) is 0 Å². The van der Waals surface area contributed by atoms with E-state index in [1.807, 2.05) is 19.0 Å². The first kappa shape index (κ1) is 53.0. The largest absolute Gasteiger partial charge is 0.587 e. The van der Waals surface area contributed by atoms with Gasteiger partial charge < -0.3 is 29.1 Å². The minimum absolute atomic E-state index is 0.00189. The van der Waals surface area contributed by atoms with Gasteiger partial charge in [0.15, 0.2) is 10.2 Å². The Morgan fingerprint density at radius 1 is 0.679 bits per heavy atom. The number of benzene rings is 2. The van der Waals surface area contributed by atoms with E-state index in [2.05, 4.69) is 11.8 Å². The smallest absolute Gasteiger partial charge is 0.395 e. The minimum Gasteiger partial charge on any atom is -0.395 e. The van der Waals surface area contributed by atoms with Gasteiger partial charge in [0.25, 0.3) is 11.4 Å². The maximum atomic E-state index is 13.0. The Labute approximate surface area is 335 Å². The molecule has 1 atom stereocenters. The van der Waals surface area contributed by atoms with Crippen molar-refractivity contribution in [2.75, 3.05) is 91.9 Å². The summed E-state index contributed by atoms with van der Waals surface area (Å²) in [6.45, 7) is 8.43. The van der Waals surface area contributed by atoms with Crippen molar-refractivity contribution < 1.29 is 65.9 Å². The first-order valence-electron chi connectivity index (χ1n) is 16.9. The summed E-state index contributed by atoms with van der Waals surface area (Å²) in [7, 11) is -2.64. The Balaban J connectivity index is 0.000000959. The number of hydrogen-bond acceptors (Lipinski definition) is 20. The molecule has 2 aromatic rings. The average molecular weight is 875 g/mol. The molecule has 0 saturated heterocycles. The van der Waals surface area contributed by atoms with Crippen LogP contribution in [-0.4, -0.2) is 132 Å². The predicted octanol–water partition coefficient (Wildman–Crippen LogP) is 5.66. The highest BCUT2D eigenvalue weighted by molar-refractivity contribution is 8.13. The van der Waals surface area contributed by atoms with Gasteiger partial charge in [0.05, 0.1) is 42.9 Å². The number of non-ortho nitro benzene ring substituents is 2. The molecule has 2 aromatic carbocycles. The number of aliphatic hydroxyl groups is 2. The maximum absolute atomic E-state index is 13.0. The van der Waals surface area contributed by atoms with E-state index < -0.39 is 25.5 Å². The monoisotopic (exact) mass is 874 g/mol. The maximum Gasteiger partial charge on any atom is 0.587 e. The highest BCUT2D eigenvalue weighted by atomic mass is 32.2. The van der Waals surface area contributed by atoms with E-state index in [0.29, 0.717) is 25.4 Å². The van der Waals surface area contributed by atoms with Gasteiger partial charge in [-0.1, -0.05) is 30.4 Å². The zero-order chi connectivity index (χ0) is 42.6. The number of phosphoric ester groups is 2. The summed E-state index contributed by atoms with van der Waals surface area (Å²) in [6, 6.07) is 9.48. The Hall–Kier alpha value is -2.98. The Kier molecular flexibility index (Phi) is 28.5. The van der Waals surface area contributed by atoms with E-state index >= 15 is 0 Å². The van der Waals surface area contributed by atoms with Crippen molar-refractivity contribution in [3.63, 3.8) is 0 Å². The first-order valence-corrected chi connectivity index (χ1v) is 21.7. The molecule has 0 heterocycles. The van der Waals surface area contributed by atoms with E-state index in [4.69, 9.17) is 37.4 Å². The van der Waals surface area contributed by atoms with Crippen LogP contribution in [-0.2, 0) is 36.8 Å². The molecule has 0 aliphatic rings. The number of aliphatic hydroxyl groups excluding tert-OH is 2. The lowest BCUT2D eigenvalue weighted by atomic mass is 10.3. The predicted molar refractivity (Wildman–Crippen MR) is 213 cm³/mol. The molecule has 0 saturated carbocycles. The summed E-state index contributed by atoms with van der Waals surface area (Å²) >= 11 is 2.06. The number of nitro groups is 2. The van der Waals surface area contributed by atoms with Crippen LogP contribution in [0.15, 0.2) is 48.5 Å². The number of phosphoric acid groups is 2. The molecular weight excluding hydrogens is 822 g/mol. The van der Waals surface area contributed by atoms with Crippen LogP contribution in [0.1, 0.15) is 27.2 Å². The molecule has 0 aliphatic carbocycles. The molecule has 20 nitrogen and oxygen atoms in total. The molecule has 0 aliphatic heterocycles. The third kappa shape index (κ3) is 26.0. The van der Waals surface area contributed by atoms with Gasteiger partial charge in [-0.15, -0.1) is 0 Å². The summed E-state index contributed by atoms with van der Waals surface area (Å²) in [6.07, 6.45) is 1.05. The van der Waals surface area contributed by atoms with E-state index in [1.54, 1.807) is 0 Å². The van der Waals surface area contributed by atoms with Crippen molar-refractivity contribution in [2.45, 2.75) is 27.2 Å². The number of hydrogen-bond donors (Lipinski definition) is 2. The number of rotatable bonds is 25. The Morgan fingerprint density at radius 2 is 1.05 bits per heavy atom. The fourth-order valence-corrected chi connectivity index (χ4v) is 6.93. The zero-order valence-electron chi connectivity index (χ0n) is 32.2. The molecule has 56 heavy (non-hydrogen) atoms. The second kappa shape index (κ2) is 30.1. The Bertz CT molecular complexity index is 1470. The van der Waals surface area contributed by atoms with Crippen LogP contribution in [0, 0.1) is 20.2 Å². The highest BCUT2D eigenvalue weighted by Crippen LogP contribution is 2.50. The van der Waals surface area contributed by atoms with Crippen molar-refractivity contribution in [3.8, 4) is 11.5 Å². The van der Waals surface area contributed by atoms with Gasteiger partial charge in [-0.25, -0.2) is 9.13 Å². The number of thioether (sulfide) groups is 2. The highest BCUT2D eigenvalue weighted by Gasteiger charge is 2.31. The summed E-state index contributed by atoms with van der Waals surface area (Å²) in [4.78, 5) is 45.9. The van der Waals surface area contributed by atoms with Gasteiger partial charge in [0, 0.05) is 76.4 Å². The Morgan fingerprint density at radius 3 is 1.39 bits per heavy atom. The van der Waals surface area contributed by atoms with Crippen LogP contribution >= 0.6 is 39.2 Å². The number of nitrogens with zero attached hydrogens (tertiary/aromatic N) is 4. The molecule has 0 fully saturated rings. The van der Waals surface area contributed by atoms with Gasteiger partial charge in [-0.05, 0) is 51.3 Å². The number of carbonyl (C=O) groups excluding carboxylic acids is 2. The van der Waals surface area contributed by atoms with Crippen molar-refractivity contribution in [1.29, 1.82) is 0 Å². The molecule has 2 N–H and O–H groups in total. The molecule has 0 amide bonds. The molecule has 1 unspecified atom stereocenters. The molecule has 24 heteroatoms. The fourth-order valence-electron chi connectivity index (χ4n) is 3.65. The molecular formula is C32H52N4O16P2S2. The van der Waals surface area contributed by atoms with Crippen molar-refractivity contribution >= 4 is 60.8 Å². The number of likely N-dealkylation sites (N-methyl/N-ethyl adjacent to an activating group) is 2. The average Bonchev–Trinajstić information content (AvgIpc) is 3.13. The van der Waals surface area contributed by atoms with Crippen molar-refractivity contribution in [2.24, 2.45) is 0 Å². The lowest BCUT2D eigenvalue weighted by molar-refractivity contribution is -0.385. The third-order valence-electron chi connectivity index (χ3n) is 6.32. The van der Waals surface area contributed by atoms with Gasteiger partial charge in [0.2, 0.25) is 0 Å². The molecule has 318 valence electrons. The molecule has 0 aromatic heterocycles. The van der Waals surface area contributed by atoms with Crippen LogP contribution in [0.4, 0.5) is 11.4 Å². The topological polar surface area (TPSA) is 257 Å². The first-order chi connectivity index (χ1) is 26.4. The van der Waals surface area contributed by atoms with Crippen LogP contribution in [0.25, 0.3) is 0 Å². The number of carbonyl (C=O) groups is 2. The van der Waals surface area contributed by atoms with E-state index in [0.717, 1.165) is 60.8 Å². The van der Waals surface area contributed by atoms with Crippen LogP contribution in [0.3, 0.4) is 0 Å². The minimum atomic E-state index is -4.27. The second-order valence-corrected chi connectivity index (χ2v) is 16.8. The molecule has 0 spiro atoms. The lowest BCUT2D eigenvalue weighted by Gasteiger charge is -2.19. The molecule has 2 rings (SSSR count). The van der Waals surface area contributed by atoms with Crippen molar-refractivity contribution in [1.82, 2.24) is 9.80 Å². The summed E-state index contributed by atoms with van der Waals surface area (Å²) in [5.74, 6) is 0.592. The lowest BCUT2D eigenvalue weighted by Crippen LogP contribution is -2.25. The molecule has 0 radical (unpaired) electrons. The standard InChI is InChI=1S/C16H15N2O9PS.C11H24NO5PS.C5H13NO2/c1-12(19)29-11-10-25-28(24,26-15-6-2-13(3-7-15)17(20)21)27-16-8-4-14(5-9-16)18(22)23;1-5-6-12(3)7-8-16-18(14,15-4)17-9-10-19-11(2)13;1-6(2-4-7)3-5-8/h2-9H,10-11H2,1H3;5-10H2,1-4H3;7-8H,2-5H2,1H3. The summed E-state index contributed by atoms with van der Waals surface area (Å²) in [5, 5.41) is 38.0. The van der Waals surface area contributed by atoms with Gasteiger partial charge in [0.1, 0.15) is 11.5 Å². The second-order valence-electron chi connectivity index (χ2n) is 11.0. The van der Waals surface area contributed by atoms with E-state index in [1.165, 1.54) is 45.2 Å². The molecule has 0 bridgehead atoms. The third-order valence-corrected chi connectivity index (χ3v) is 10.7. The number of nitro benzene ring substituents is 2. The van der Waals surface area contributed by atoms with Gasteiger partial charge in [-0.3, -0.25) is 47.9 Å². The van der Waals surface area contributed by atoms with E-state index in [-0.39, 0.29) is 71.9 Å². The van der Waals surface area contributed by atoms with Crippen LogP contribution in [0.2, 0.25) is 0 Å². The van der Waals surface area contributed by atoms with Crippen LogP contribution in [0.5, 0.6) is 11.5 Å². The van der Waals surface area contributed by atoms with Crippen molar-refractivity contribution in [3.05, 3.63) is 68.8 Å². The SMILES string of the molecule is CC(=O)SCCOP(=O)(Oc1ccc([N+](=O)[O-])cc1)Oc1ccc([N+](=O)[O-])cc1.CCCN(C)CCOP(=O)(OC)OCCSC(C)=O.CN(CCO)CCO. The fraction of sp³-hybridized carbons (Fsp3) is 0.562. The summed E-state index contributed by atoms with van der Waals surface area (Å²) in [5.41, 5.74) is -0.385. The summed E-state index contributed by atoms with van der Waals surface area (Å²) < 4.78 is 55.8. The van der Waals surface area contributed by atoms with Crippen LogP contribution < -0.4 is 9.05 Å².